The molecule has 1 N–H and O–H groups in total. The van der Waals surface area contributed by atoms with Crippen molar-refractivity contribution < 1.29 is 9.18 Å². The van der Waals surface area contributed by atoms with Gasteiger partial charge >= 0.3 is 0 Å². The zero-order valence-corrected chi connectivity index (χ0v) is 7.86. The molecule has 1 aromatic carbocycles. The van der Waals surface area contributed by atoms with Crippen molar-refractivity contribution in [1.82, 2.24) is 5.32 Å². The first kappa shape index (κ1) is 9.99. The highest BCUT2D eigenvalue weighted by atomic mass is 35.5. The molecule has 4 heteroatoms. The van der Waals surface area contributed by atoms with Crippen LogP contribution in [0.2, 0.25) is 5.02 Å². The fraction of sp³-hybridized carbons (Fsp3) is 0.222. The lowest BCUT2D eigenvalue weighted by molar-refractivity contribution is 0.0952. The molecule has 0 unspecified atom stereocenters. The summed E-state index contributed by atoms with van der Waals surface area (Å²) >= 11 is 5.50. The number of hydrogen-bond acceptors (Lipinski definition) is 1. The summed E-state index contributed by atoms with van der Waals surface area (Å²) in [6.45, 7) is 2.23. The van der Waals surface area contributed by atoms with Gasteiger partial charge in [0.25, 0.3) is 5.91 Å². The second-order valence-electron chi connectivity index (χ2n) is 2.46. The molecule has 0 saturated carbocycles. The summed E-state index contributed by atoms with van der Waals surface area (Å²) in [6.07, 6.45) is 0. The van der Waals surface area contributed by atoms with Gasteiger partial charge in [-0.25, -0.2) is 4.39 Å². The number of carbonyl (C=O) groups excluding carboxylic acids is 1. The van der Waals surface area contributed by atoms with Crippen molar-refractivity contribution in [3.05, 3.63) is 34.6 Å². The van der Waals surface area contributed by atoms with E-state index in [1.54, 1.807) is 6.92 Å². The van der Waals surface area contributed by atoms with Gasteiger partial charge in [0.2, 0.25) is 0 Å². The topological polar surface area (TPSA) is 29.1 Å². The first-order valence-electron chi connectivity index (χ1n) is 3.89. The first-order valence-corrected chi connectivity index (χ1v) is 4.26. The molecule has 1 rings (SSSR count). The van der Waals surface area contributed by atoms with E-state index in [4.69, 9.17) is 11.6 Å². The average molecular weight is 202 g/mol. The van der Waals surface area contributed by atoms with Crippen LogP contribution in [0.15, 0.2) is 18.2 Å². The van der Waals surface area contributed by atoms with Crippen molar-refractivity contribution in [3.63, 3.8) is 0 Å². The van der Waals surface area contributed by atoms with Gasteiger partial charge in [0.05, 0.1) is 10.6 Å². The van der Waals surface area contributed by atoms with E-state index >= 15 is 0 Å². The summed E-state index contributed by atoms with van der Waals surface area (Å²) in [5.41, 5.74) is -0.0191. The third-order valence-corrected chi connectivity index (χ3v) is 1.83. The molecule has 1 aromatic rings. The summed E-state index contributed by atoms with van der Waals surface area (Å²) in [4.78, 5) is 11.2. The van der Waals surface area contributed by atoms with Crippen LogP contribution >= 0.6 is 11.6 Å². The Balaban J connectivity index is 3.01. The molecule has 0 aliphatic rings. The van der Waals surface area contributed by atoms with Crippen LogP contribution in [0.25, 0.3) is 0 Å². The summed E-state index contributed by atoms with van der Waals surface area (Å²) in [7, 11) is 0. The highest BCUT2D eigenvalue weighted by molar-refractivity contribution is 6.31. The number of amides is 1. The minimum absolute atomic E-state index is 0.0191. The van der Waals surface area contributed by atoms with Gasteiger partial charge in [-0.05, 0) is 19.1 Å². The molecule has 0 saturated heterocycles. The number of rotatable bonds is 2. The lowest BCUT2D eigenvalue weighted by Gasteiger charge is -2.03. The third kappa shape index (κ3) is 2.18. The average Bonchev–Trinajstić information content (AvgIpc) is 2.10. The Morgan fingerprint density at radius 3 is 2.92 bits per heavy atom. The Hall–Kier alpha value is -1.09. The molecular formula is C9H9ClFNO. The summed E-state index contributed by atoms with van der Waals surface area (Å²) in [5.74, 6) is -1.11. The van der Waals surface area contributed by atoms with Crippen LogP contribution in [0.5, 0.6) is 0 Å². The van der Waals surface area contributed by atoms with Gasteiger partial charge < -0.3 is 5.32 Å². The Bertz CT molecular complexity index is 327. The SMILES string of the molecule is CCNC(=O)c1cccc(Cl)c1F. The Labute approximate surface area is 80.7 Å². The monoisotopic (exact) mass is 201 g/mol. The molecular weight excluding hydrogens is 193 g/mol. The number of benzene rings is 1. The number of nitrogens with one attached hydrogen (secondary N) is 1. The lowest BCUT2D eigenvalue weighted by Crippen LogP contribution is -2.23. The molecule has 70 valence electrons. The maximum absolute atomic E-state index is 13.2. The van der Waals surface area contributed by atoms with Crippen LogP contribution in [-0.4, -0.2) is 12.5 Å². The van der Waals surface area contributed by atoms with Crippen LogP contribution in [0.4, 0.5) is 4.39 Å². The van der Waals surface area contributed by atoms with Crippen LogP contribution in [0.1, 0.15) is 17.3 Å². The van der Waals surface area contributed by atoms with Crippen molar-refractivity contribution in [1.29, 1.82) is 0 Å². The smallest absolute Gasteiger partial charge is 0.254 e. The largest absolute Gasteiger partial charge is 0.352 e. The fourth-order valence-corrected chi connectivity index (χ4v) is 1.11. The molecule has 0 atom stereocenters. The van der Waals surface area contributed by atoms with E-state index in [-0.39, 0.29) is 10.6 Å². The summed E-state index contributed by atoms with van der Waals surface area (Å²) < 4.78 is 13.2. The molecule has 0 aliphatic carbocycles. The highest BCUT2D eigenvalue weighted by Crippen LogP contribution is 2.17. The van der Waals surface area contributed by atoms with Gasteiger partial charge in [-0.2, -0.15) is 0 Å². The van der Waals surface area contributed by atoms with Crippen molar-refractivity contribution in [2.75, 3.05) is 6.54 Å². The maximum atomic E-state index is 13.2. The van der Waals surface area contributed by atoms with E-state index in [1.165, 1.54) is 18.2 Å². The van der Waals surface area contributed by atoms with Gasteiger partial charge in [0.15, 0.2) is 5.82 Å². The normalized spacial score (nSPS) is 9.77. The predicted octanol–water partition coefficient (Wildman–Crippen LogP) is 2.23. The van der Waals surface area contributed by atoms with Crippen molar-refractivity contribution in [2.24, 2.45) is 0 Å². The second kappa shape index (κ2) is 4.23. The number of hydrogen-bond donors (Lipinski definition) is 1. The molecule has 13 heavy (non-hydrogen) atoms. The quantitative estimate of drug-likeness (QED) is 0.781. The van der Waals surface area contributed by atoms with Gasteiger partial charge in [-0.3, -0.25) is 4.79 Å². The van der Waals surface area contributed by atoms with E-state index in [0.29, 0.717) is 6.54 Å². The van der Waals surface area contributed by atoms with E-state index in [9.17, 15) is 9.18 Å². The fourth-order valence-electron chi connectivity index (χ4n) is 0.935. The van der Waals surface area contributed by atoms with Crippen molar-refractivity contribution >= 4 is 17.5 Å². The highest BCUT2D eigenvalue weighted by Gasteiger charge is 2.12. The van der Waals surface area contributed by atoms with Crippen LogP contribution in [0.3, 0.4) is 0 Å². The second-order valence-corrected chi connectivity index (χ2v) is 2.87. The predicted molar refractivity (Wildman–Crippen MR) is 49.4 cm³/mol. The Morgan fingerprint density at radius 2 is 2.31 bits per heavy atom. The van der Waals surface area contributed by atoms with Crippen molar-refractivity contribution in [2.45, 2.75) is 6.92 Å². The lowest BCUT2D eigenvalue weighted by atomic mass is 10.2. The standard InChI is InChI=1S/C9H9ClFNO/c1-2-12-9(13)6-4-3-5-7(10)8(6)11/h3-5H,2H2,1H3,(H,12,13). The molecule has 0 bridgehead atoms. The van der Waals surface area contributed by atoms with Gasteiger partial charge in [-0.1, -0.05) is 17.7 Å². The van der Waals surface area contributed by atoms with Crippen LogP contribution < -0.4 is 5.32 Å². The number of carbonyl (C=O) groups is 1. The molecule has 0 spiro atoms. The molecule has 0 heterocycles. The molecule has 0 aromatic heterocycles. The minimum atomic E-state index is -0.671. The van der Waals surface area contributed by atoms with Gasteiger partial charge in [0.1, 0.15) is 0 Å². The maximum Gasteiger partial charge on any atom is 0.254 e. The minimum Gasteiger partial charge on any atom is -0.352 e. The number of halogens is 2. The zero-order chi connectivity index (χ0) is 9.84. The first-order chi connectivity index (χ1) is 6.16. The molecule has 1 amide bonds. The van der Waals surface area contributed by atoms with E-state index in [2.05, 4.69) is 5.32 Å². The third-order valence-electron chi connectivity index (χ3n) is 1.53. The zero-order valence-electron chi connectivity index (χ0n) is 7.10. The van der Waals surface area contributed by atoms with E-state index < -0.39 is 11.7 Å². The van der Waals surface area contributed by atoms with Crippen LogP contribution in [-0.2, 0) is 0 Å². The molecule has 0 aliphatic heterocycles. The Morgan fingerprint density at radius 1 is 1.62 bits per heavy atom. The Kier molecular flexibility index (Phi) is 3.25. The van der Waals surface area contributed by atoms with Gasteiger partial charge in [-0.15, -0.1) is 0 Å². The van der Waals surface area contributed by atoms with Crippen LogP contribution in [0, 0.1) is 5.82 Å². The van der Waals surface area contributed by atoms with E-state index in [0.717, 1.165) is 0 Å². The summed E-state index contributed by atoms with van der Waals surface area (Å²) in [5, 5.41) is 2.45. The van der Waals surface area contributed by atoms with Gasteiger partial charge in [0, 0.05) is 6.54 Å². The van der Waals surface area contributed by atoms with E-state index in [1.807, 2.05) is 0 Å². The molecule has 2 nitrogen and oxygen atoms in total. The van der Waals surface area contributed by atoms with Crippen molar-refractivity contribution in [3.8, 4) is 0 Å². The molecule has 0 fully saturated rings. The summed E-state index contributed by atoms with van der Waals surface area (Å²) in [6, 6.07) is 4.34. The molecule has 0 radical (unpaired) electrons.